The molecule has 2 heterocycles. The number of carbonyl (C=O) groups is 1. The Bertz CT molecular complexity index is 278. The molecule has 18 heavy (non-hydrogen) atoms. The third-order valence-electron chi connectivity index (χ3n) is 2.43. The van der Waals surface area contributed by atoms with Crippen molar-refractivity contribution < 1.29 is 29.2 Å². The van der Waals surface area contributed by atoms with E-state index in [2.05, 4.69) is 0 Å². The molecule has 2 aliphatic rings. The topological polar surface area (TPSA) is 91.8 Å². The summed E-state index contributed by atoms with van der Waals surface area (Å²) in [5.41, 5.74) is 0.713. The van der Waals surface area contributed by atoms with E-state index in [9.17, 15) is 4.79 Å². The van der Waals surface area contributed by atoms with Gasteiger partial charge in [0.2, 0.25) is 0 Å². The standard InChI is InChI=1S/C10H14O4.C2H6O2/c1-12-10(11)7(4-9-6-14-9)2-3-8-5-13-8;3-1-2-4/h2,8-9H,3-6H2,1H3;3-4H,1-2H2. The van der Waals surface area contributed by atoms with Gasteiger partial charge in [-0.1, -0.05) is 6.08 Å². The van der Waals surface area contributed by atoms with E-state index in [1.807, 2.05) is 6.08 Å². The molecule has 2 saturated heterocycles. The summed E-state index contributed by atoms with van der Waals surface area (Å²) in [6, 6.07) is 0. The molecule has 0 aliphatic carbocycles. The molecule has 2 aliphatic heterocycles. The lowest BCUT2D eigenvalue weighted by Crippen LogP contribution is -2.07. The number of ether oxygens (including phenoxy) is 3. The SMILES string of the molecule is COC(=O)C(=CCC1CO1)CC1CO1.OCCO. The predicted octanol–water partition coefficient (Wildman–Crippen LogP) is -0.365. The molecule has 0 aromatic carbocycles. The fraction of sp³-hybridized carbons (Fsp3) is 0.750. The number of hydrogen-bond acceptors (Lipinski definition) is 6. The fourth-order valence-corrected chi connectivity index (χ4v) is 1.29. The van der Waals surface area contributed by atoms with Crippen LogP contribution in [-0.4, -0.2) is 61.9 Å². The van der Waals surface area contributed by atoms with Gasteiger partial charge < -0.3 is 24.4 Å². The number of epoxide rings is 2. The van der Waals surface area contributed by atoms with Crippen LogP contribution in [0.25, 0.3) is 0 Å². The van der Waals surface area contributed by atoms with Crippen molar-refractivity contribution in [2.24, 2.45) is 0 Å². The molecule has 0 amide bonds. The molecule has 0 saturated carbocycles. The van der Waals surface area contributed by atoms with E-state index in [1.165, 1.54) is 7.11 Å². The highest BCUT2D eigenvalue weighted by molar-refractivity contribution is 5.88. The summed E-state index contributed by atoms with van der Waals surface area (Å²) >= 11 is 0. The third kappa shape index (κ3) is 6.70. The zero-order valence-electron chi connectivity index (χ0n) is 10.5. The van der Waals surface area contributed by atoms with E-state index in [0.717, 1.165) is 19.6 Å². The number of aliphatic hydroxyl groups is 2. The number of rotatable bonds is 6. The van der Waals surface area contributed by atoms with Crippen LogP contribution < -0.4 is 0 Å². The smallest absolute Gasteiger partial charge is 0.333 e. The molecule has 2 fully saturated rings. The summed E-state index contributed by atoms with van der Waals surface area (Å²) in [4.78, 5) is 11.3. The van der Waals surface area contributed by atoms with Gasteiger partial charge in [0.05, 0.1) is 45.7 Å². The minimum absolute atomic E-state index is 0.125. The van der Waals surface area contributed by atoms with Crippen LogP contribution in [-0.2, 0) is 19.0 Å². The Balaban J connectivity index is 0.000000357. The van der Waals surface area contributed by atoms with Gasteiger partial charge in [0.1, 0.15) is 0 Å². The number of hydrogen-bond donors (Lipinski definition) is 2. The highest BCUT2D eigenvalue weighted by Gasteiger charge is 2.28. The van der Waals surface area contributed by atoms with Gasteiger partial charge in [0, 0.05) is 12.0 Å². The largest absolute Gasteiger partial charge is 0.466 e. The number of carbonyl (C=O) groups excluding carboxylic acids is 1. The quantitative estimate of drug-likeness (QED) is 0.385. The molecule has 2 atom stereocenters. The maximum Gasteiger partial charge on any atom is 0.333 e. The first-order valence-corrected chi connectivity index (χ1v) is 5.93. The Labute approximate surface area is 106 Å². The molecule has 104 valence electrons. The first kappa shape index (κ1) is 15.1. The lowest BCUT2D eigenvalue weighted by molar-refractivity contribution is -0.136. The van der Waals surface area contributed by atoms with Crippen LogP contribution in [0.2, 0.25) is 0 Å². The average Bonchev–Trinajstić information content (AvgIpc) is 3.27. The van der Waals surface area contributed by atoms with Crippen LogP contribution in [0.3, 0.4) is 0 Å². The average molecular weight is 260 g/mol. The Hall–Kier alpha value is -0.950. The molecule has 0 aromatic rings. The van der Waals surface area contributed by atoms with Crippen molar-refractivity contribution in [3.05, 3.63) is 11.6 Å². The summed E-state index contributed by atoms with van der Waals surface area (Å²) in [6.45, 7) is 1.32. The maximum absolute atomic E-state index is 11.3. The van der Waals surface area contributed by atoms with Crippen molar-refractivity contribution in [2.75, 3.05) is 33.5 Å². The second kappa shape index (κ2) is 8.20. The second-order valence-corrected chi connectivity index (χ2v) is 4.02. The van der Waals surface area contributed by atoms with Crippen LogP contribution in [0.5, 0.6) is 0 Å². The summed E-state index contributed by atoms with van der Waals surface area (Å²) in [5, 5.41) is 15.2. The maximum atomic E-state index is 11.3. The van der Waals surface area contributed by atoms with Gasteiger partial charge in [0.15, 0.2) is 0 Å². The van der Waals surface area contributed by atoms with Crippen LogP contribution in [0.1, 0.15) is 12.8 Å². The van der Waals surface area contributed by atoms with Crippen molar-refractivity contribution in [1.29, 1.82) is 0 Å². The molecule has 2 N–H and O–H groups in total. The zero-order chi connectivity index (χ0) is 13.4. The lowest BCUT2D eigenvalue weighted by atomic mass is 10.1. The van der Waals surface area contributed by atoms with Gasteiger partial charge in [-0.3, -0.25) is 0 Å². The summed E-state index contributed by atoms with van der Waals surface area (Å²) in [6.07, 6.45) is 3.91. The molecule has 0 radical (unpaired) electrons. The minimum atomic E-state index is -0.249. The highest BCUT2D eigenvalue weighted by atomic mass is 16.6. The van der Waals surface area contributed by atoms with Crippen molar-refractivity contribution in [3.63, 3.8) is 0 Å². The van der Waals surface area contributed by atoms with Crippen LogP contribution in [0, 0.1) is 0 Å². The van der Waals surface area contributed by atoms with Gasteiger partial charge in [-0.15, -0.1) is 0 Å². The van der Waals surface area contributed by atoms with E-state index in [-0.39, 0.29) is 25.3 Å². The molecule has 6 nitrogen and oxygen atoms in total. The Morgan fingerprint density at radius 3 is 2.22 bits per heavy atom. The Kier molecular flexibility index (Phi) is 6.89. The van der Waals surface area contributed by atoms with Crippen molar-refractivity contribution >= 4 is 5.97 Å². The van der Waals surface area contributed by atoms with E-state index in [0.29, 0.717) is 18.1 Å². The highest BCUT2D eigenvalue weighted by Crippen LogP contribution is 2.22. The molecule has 0 bridgehead atoms. The van der Waals surface area contributed by atoms with Crippen molar-refractivity contribution in [2.45, 2.75) is 25.0 Å². The number of methoxy groups -OCH3 is 1. The third-order valence-corrected chi connectivity index (χ3v) is 2.43. The molecular formula is C12H20O6. The zero-order valence-corrected chi connectivity index (χ0v) is 10.5. The van der Waals surface area contributed by atoms with Gasteiger partial charge in [-0.25, -0.2) is 4.79 Å². The molecule has 0 aromatic heterocycles. The number of esters is 1. The molecule has 6 heteroatoms. The van der Waals surface area contributed by atoms with E-state index < -0.39 is 0 Å². The number of aliphatic hydroxyl groups excluding tert-OH is 2. The van der Waals surface area contributed by atoms with Gasteiger partial charge in [0.25, 0.3) is 0 Å². The first-order chi connectivity index (χ1) is 8.71. The Morgan fingerprint density at radius 1 is 1.28 bits per heavy atom. The molecule has 0 spiro atoms. The summed E-state index contributed by atoms with van der Waals surface area (Å²) in [7, 11) is 1.40. The van der Waals surface area contributed by atoms with Crippen LogP contribution in [0.4, 0.5) is 0 Å². The fourth-order valence-electron chi connectivity index (χ4n) is 1.29. The van der Waals surface area contributed by atoms with Gasteiger partial charge >= 0.3 is 5.97 Å². The van der Waals surface area contributed by atoms with Crippen molar-refractivity contribution in [1.82, 2.24) is 0 Å². The van der Waals surface area contributed by atoms with Crippen LogP contribution >= 0.6 is 0 Å². The summed E-state index contributed by atoms with van der Waals surface area (Å²) < 4.78 is 14.8. The van der Waals surface area contributed by atoms with E-state index in [4.69, 9.17) is 24.4 Å². The monoisotopic (exact) mass is 260 g/mol. The summed E-state index contributed by atoms with van der Waals surface area (Å²) in [5.74, 6) is -0.249. The molecule has 2 rings (SSSR count). The first-order valence-electron chi connectivity index (χ1n) is 5.93. The molecular weight excluding hydrogens is 240 g/mol. The lowest BCUT2D eigenvalue weighted by Gasteiger charge is -2.02. The van der Waals surface area contributed by atoms with Gasteiger partial charge in [-0.2, -0.15) is 0 Å². The molecule has 2 unspecified atom stereocenters. The minimum Gasteiger partial charge on any atom is -0.466 e. The van der Waals surface area contributed by atoms with E-state index >= 15 is 0 Å². The van der Waals surface area contributed by atoms with Crippen LogP contribution in [0.15, 0.2) is 11.6 Å². The second-order valence-electron chi connectivity index (χ2n) is 4.02. The normalized spacial score (nSPS) is 24.9. The van der Waals surface area contributed by atoms with Gasteiger partial charge in [-0.05, 0) is 6.42 Å². The van der Waals surface area contributed by atoms with E-state index in [1.54, 1.807) is 0 Å². The van der Waals surface area contributed by atoms with Crippen molar-refractivity contribution in [3.8, 4) is 0 Å². The predicted molar refractivity (Wildman–Crippen MR) is 63.0 cm³/mol. The Morgan fingerprint density at radius 2 is 1.83 bits per heavy atom.